The molecule has 76 valence electrons. The molecule has 0 aliphatic carbocycles. The van der Waals surface area contributed by atoms with Crippen molar-refractivity contribution in [2.75, 3.05) is 13.2 Å². The first-order valence-corrected chi connectivity index (χ1v) is 4.32. The number of ether oxygens (including phenoxy) is 1. The van der Waals surface area contributed by atoms with Gasteiger partial charge in [0.1, 0.15) is 6.10 Å². The van der Waals surface area contributed by atoms with E-state index in [2.05, 4.69) is 5.32 Å². The summed E-state index contributed by atoms with van der Waals surface area (Å²) in [7, 11) is 0. The van der Waals surface area contributed by atoms with E-state index in [9.17, 15) is 9.90 Å². The Morgan fingerprint density at radius 3 is 2.85 bits per heavy atom. The minimum Gasteiger partial charge on any atom is -0.394 e. The van der Waals surface area contributed by atoms with Gasteiger partial charge < -0.3 is 20.3 Å². The molecule has 0 spiro atoms. The van der Waals surface area contributed by atoms with Crippen LogP contribution in [0.2, 0.25) is 0 Å². The number of rotatable bonds is 3. The molecule has 13 heavy (non-hydrogen) atoms. The molecule has 0 radical (unpaired) electrons. The van der Waals surface area contributed by atoms with Crippen LogP contribution in [0.5, 0.6) is 0 Å². The predicted molar refractivity (Wildman–Crippen MR) is 45.1 cm³/mol. The molecule has 0 aromatic carbocycles. The molecule has 0 unspecified atom stereocenters. The van der Waals surface area contributed by atoms with Gasteiger partial charge in [0.15, 0.2) is 0 Å². The summed E-state index contributed by atoms with van der Waals surface area (Å²) < 4.78 is 5.26. The van der Waals surface area contributed by atoms with Gasteiger partial charge in [0.2, 0.25) is 5.91 Å². The molecule has 1 fully saturated rings. The summed E-state index contributed by atoms with van der Waals surface area (Å²) >= 11 is 0. The number of carbonyl (C=O) groups excluding carboxylic acids is 1. The van der Waals surface area contributed by atoms with Gasteiger partial charge in [0, 0.05) is 19.9 Å². The second-order valence-corrected chi connectivity index (χ2v) is 3.22. The van der Waals surface area contributed by atoms with E-state index in [1.54, 1.807) is 0 Å². The second-order valence-electron chi connectivity index (χ2n) is 3.22. The molecule has 3 N–H and O–H groups in total. The lowest BCUT2D eigenvalue weighted by Crippen LogP contribution is -2.30. The molecule has 1 aliphatic rings. The highest BCUT2D eigenvalue weighted by molar-refractivity contribution is 5.72. The van der Waals surface area contributed by atoms with Crippen LogP contribution in [0.1, 0.15) is 13.3 Å². The van der Waals surface area contributed by atoms with Gasteiger partial charge in [0.05, 0.1) is 18.8 Å². The average Bonchev–Trinajstić information content (AvgIpc) is 2.43. The third-order valence-electron chi connectivity index (χ3n) is 2.06. The van der Waals surface area contributed by atoms with Gasteiger partial charge in [-0.15, -0.1) is 0 Å². The Bertz CT molecular complexity index is 185. The second kappa shape index (κ2) is 4.55. The van der Waals surface area contributed by atoms with E-state index < -0.39 is 12.2 Å². The van der Waals surface area contributed by atoms with Gasteiger partial charge in [0.25, 0.3) is 0 Å². The van der Waals surface area contributed by atoms with Crippen LogP contribution >= 0.6 is 0 Å². The Hall–Kier alpha value is -0.650. The molecular formula is C8H15NO4. The fourth-order valence-electron chi connectivity index (χ4n) is 1.37. The number of hydrogen-bond acceptors (Lipinski definition) is 4. The minimum atomic E-state index is -0.622. The summed E-state index contributed by atoms with van der Waals surface area (Å²) in [5, 5.41) is 20.7. The van der Waals surface area contributed by atoms with Gasteiger partial charge in [-0.25, -0.2) is 0 Å². The van der Waals surface area contributed by atoms with Crippen LogP contribution in [-0.2, 0) is 9.53 Å². The molecule has 1 aliphatic heterocycles. The maximum absolute atomic E-state index is 10.6. The van der Waals surface area contributed by atoms with Gasteiger partial charge in [-0.1, -0.05) is 0 Å². The van der Waals surface area contributed by atoms with Crippen molar-refractivity contribution in [3.63, 3.8) is 0 Å². The summed E-state index contributed by atoms with van der Waals surface area (Å²) in [6.45, 7) is 1.63. The van der Waals surface area contributed by atoms with E-state index in [0.29, 0.717) is 13.0 Å². The third kappa shape index (κ3) is 2.95. The van der Waals surface area contributed by atoms with E-state index in [1.807, 2.05) is 0 Å². The number of hydrogen-bond donors (Lipinski definition) is 3. The lowest BCUT2D eigenvalue weighted by atomic mass is 10.1. The van der Waals surface area contributed by atoms with E-state index in [-0.39, 0.29) is 18.6 Å². The molecule has 1 amide bonds. The lowest BCUT2D eigenvalue weighted by Gasteiger charge is -2.11. The Morgan fingerprint density at radius 2 is 2.38 bits per heavy atom. The zero-order valence-electron chi connectivity index (χ0n) is 7.56. The van der Waals surface area contributed by atoms with Crippen LogP contribution < -0.4 is 5.32 Å². The molecule has 0 saturated carbocycles. The summed E-state index contributed by atoms with van der Waals surface area (Å²) in [4.78, 5) is 10.6. The van der Waals surface area contributed by atoms with Crippen LogP contribution in [0.15, 0.2) is 0 Å². The largest absolute Gasteiger partial charge is 0.394 e. The highest BCUT2D eigenvalue weighted by Gasteiger charge is 2.32. The van der Waals surface area contributed by atoms with Crippen LogP contribution in [0.4, 0.5) is 0 Å². The first-order chi connectivity index (χ1) is 6.13. The first-order valence-electron chi connectivity index (χ1n) is 4.32. The van der Waals surface area contributed by atoms with Crippen LogP contribution in [-0.4, -0.2) is 47.6 Å². The topological polar surface area (TPSA) is 78.8 Å². The number of carbonyl (C=O) groups is 1. The van der Waals surface area contributed by atoms with Gasteiger partial charge in [-0.3, -0.25) is 4.79 Å². The maximum Gasteiger partial charge on any atom is 0.216 e. The van der Waals surface area contributed by atoms with Crippen molar-refractivity contribution in [1.82, 2.24) is 5.32 Å². The van der Waals surface area contributed by atoms with Crippen molar-refractivity contribution in [2.24, 2.45) is 0 Å². The molecule has 5 heteroatoms. The van der Waals surface area contributed by atoms with Crippen molar-refractivity contribution >= 4 is 5.91 Å². The van der Waals surface area contributed by atoms with E-state index in [0.717, 1.165) is 0 Å². The van der Waals surface area contributed by atoms with Gasteiger partial charge >= 0.3 is 0 Å². The van der Waals surface area contributed by atoms with Crippen LogP contribution in [0, 0.1) is 0 Å². The van der Waals surface area contributed by atoms with Crippen molar-refractivity contribution in [3.8, 4) is 0 Å². The normalized spacial score (nSPS) is 33.3. The van der Waals surface area contributed by atoms with Crippen LogP contribution in [0.3, 0.4) is 0 Å². The van der Waals surface area contributed by atoms with E-state index in [1.165, 1.54) is 6.92 Å². The average molecular weight is 189 g/mol. The monoisotopic (exact) mass is 189 g/mol. The predicted octanol–water partition coefficient (Wildman–Crippen LogP) is -1.37. The van der Waals surface area contributed by atoms with E-state index >= 15 is 0 Å². The molecule has 0 bridgehead atoms. The minimum absolute atomic E-state index is 0.120. The summed E-state index contributed by atoms with van der Waals surface area (Å²) in [6.07, 6.45) is -0.843. The van der Waals surface area contributed by atoms with Crippen LogP contribution in [0.25, 0.3) is 0 Å². The number of nitrogens with one attached hydrogen (secondary N) is 1. The summed E-state index contributed by atoms with van der Waals surface area (Å²) in [5.41, 5.74) is 0. The van der Waals surface area contributed by atoms with Crippen molar-refractivity contribution in [1.29, 1.82) is 0 Å². The number of aliphatic hydroxyl groups is 2. The van der Waals surface area contributed by atoms with Crippen molar-refractivity contribution in [3.05, 3.63) is 0 Å². The zero-order valence-corrected chi connectivity index (χ0v) is 7.56. The molecule has 0 aromatic heterocycles. The lowest BCUT2D eigenvalue weighted by molar-refractivity contribution is -0.119. The van der Waals surface area contributed by atoms with Gasteiger partial charge in [-0.2, -0.15) is 0 Å². The fourth-order valence-corrected chi connectivity index (χ4v) is 1.37. The van der Waals surface area contributed by atoms with E-state index in [4.69, 9.17) is 9.84 Å². The highest BCUT2D eigenvalue weighted by atomic mass is 16.5. The molecule has 5 nitrogen and oxygen atoms in total. The first kappa shape index (κ1) is 10.4. The molecule has 1 heterocycles. The Morgan fingerprint density at radius 1 is 1.69 bits per heavy atom. The molecule has 0 aromatic rings. The smallest absolute Gasteiger partial charge is 0.216 e. The Kier molecular flexibility index (Phi) is 3.65. The van der Waals surface area contributed by atoms with Gasteiger partial charge in [-0.05, 0) is 0 Å². The Labute approximate surface area is 76.7 Å². The number of aliphatic hydroxyl groups excluding tert-OH is 2. The summed E-state index contributed by atoms with van der Waals surface area (Å²) in [5.74, 6) is -0.120. The van der Waals surface area contributed by atoms with Crippen molar-refractivity contribution < 1.29 is 19.7 Å². The molecule has 1 rings (SSSR count). The fraction of sp³-hybridized carbons (Fsp3) is 0.875. The summed E-state index contributed by atoms with van der Waals surface area (Å²) in [6, 6.07) is 0. The maximum atomic E-state index is 10.6. The van der Waals surface area contributed by atoms with Crippen molar-refractivity contribution in [2.45, 2.75) is 31.7 Å². The quantitative estimate of drug-likeness (QED) is 0.512. The SMILES string of the molecule is CC(=O)NC[C@H]1C[C@H](O)[C@@H](CO)O1. The third-order valence-corrected chi connectivity index (χ3v) is 2.06. The molecular weight excluding hydrogens is 174 g/mol. The molecule has 3 atom stereocenters. The Balaban J connectivity index is 2.27. The standard InChI is InChI=1S/C8H15NO4/c1-5(11)9-3-6-2-7(12)8(4-10)13-6/h6-8,10,12H,2-4H2,1H3,(H,9,11)/t6-,7+,8-/m1/s1. The number of amides is 1. The zero-order chi connectivity index (χ0) is 9.84. The molecule has 1 saturated heterocycles. The highest BCUT2D eigenvalue weighted by Crippen LogP contribution is 2.19.